The molecule has 0 heterocycles. The maximum absolute atomic E-state index is 13.6. The van der Waals surface area contributed by atoms with Crippen molar-refractivity contribution in [3.63, 3.8) is 0 Å². The molecule has 0 aliphatic carbocycles. The van der Waals surface area contributed by atoms with Crippen LogP contribution in [0.2, 0.25) is 0 Å². The number of hydrogen-bond donors (Lipinski definition) is 2. The molecule has 3 nitrogen and oxygen atoms in total. The maximum Gasteiger partial charge on any atom is 0.330 e. The van der Waals surface area contributed by atoms with E-state index in [0.717, 1.165) is 5.56 Å². The average Bonchev–Trinajstić information content (AvgIpc) is 2.46. The van der Waals surface area contributed by atoms with Crippen LogP contribution >= 0.6 is 0 Å². The van der Waals surface area contributed by atoms with Crippen molar-refractivity contribution in [2.75, 3.05) is 5.32 Å². The lowest BCUT2D eigenvalue weighted by Crippen LogP contribution is -2.21. The van der Waals surface area contributed by atoms with Crippen molar-refractivity contribution in [1.29, 1.82) is 0 Å². The van der Waals surface area contributed by atoms with Crippen LogP contribution in [0.25, 0.3) is 0 Å². The van der Waals surface area contributed by atoms with Gasteiger partial charge in [-0.25, -0.2) is 9.18 Å². The third-order valence-electron chi connectivity index (χ3n) is 3.36. The van der Waals surface area contributed by atoms with Crippen LogP contribution in [0.3, 0.4) is 0 Å². The van der Waals surface area contributed by atoms with Gasteiger partial charge in [0.05, 0.1) is 5.69 Å². The molecule has 0 bridgehead atoms. The third kappa shape index (κ3) is 3.60. The second kappa shape index (κ2) is 6.39. The van der Waals surface area contributed by atoms with Crippen molar-refractivity contribution < 1.29 is 14.3 Å². The third-order valence-corrected chi connectivity index (χ3v) is 3.36. The van der Waals surface area contributed by atoms with E-state index in [0.29, 0.717) is 11.5 Å². The molecular weight excluding hydrogens is 269 g/mol. The van der Waals surface area contributed by atoms with E-state index in [1.165, 1.54) is 12.1 Å². The second-order valence-corrected chi connectivity index (χ2v) is 5.22. The number of carbonyl (C=O) groups is 1. The van der Waals surface area contributed by atoms with Gasteiger partial charge in [-0.1, -0.05) is 50.2 Å². The highest BCUT2D eigenvalue weighted by Gasteiger charge is 2.20. The first kappa shape index (κ1) is 15.0. The molecule has 21 heavy (non-hydrogen) atoms. The van der Waals surface area contributed by atoms with E-state index in [-0.39, 0.29) is 5.69 Å². The molecule has 0 aliphatic heterocycles. The van der Waals surface area contributed by atoms with Crippen molar-refractivity contribution >= 4 is 11.7 Å². The van der Waals surface area contributed by atoms with Gasteiger partial charge in [-0.05, 0) is 29.2 Å². The summed E-state index contributed by atoms with van der Waals surface area (Å²) in [5.41, 5.74) is 1.90. The molecule has 1 unspecified atom stereocenters. The number of para-hydroxylation sites is 1. The summed E-state index contributed by atoms with van der Waals surface area (Å²) in [5.74, 6) is -1.14. The van der Waals surface area contributed by atoms with E-state index in [2.05, 4.69) is 19.2 Å². The summed E-state index contributed by atoms with van der Waals surface area (Å²) in [4.78, 5) is 11.4. The zero-order valence-electron chi connectivity index (χ0n) is 12.0. The van der Waals surface area contributed by atoms with Gasteiger partial charge in [-0.2, -0.15) is 0 Å². The monoisotopic (exact) mass is 287 g/mol. The van der Waals surface area contributed by atoms with E-state index >= 15 is 0 Å². The van der Waals surface area contributed by atoms with Crippen LogP contribution < -0.4 is 5.32 Å². The lowest BCUT2D eigenvalue weighted by Gasteiger charge is -2.17. The van der Waals surface area contributed by atoms with Gasteiger partial charge in [0.1, 0.15) is 5.82 Å². The Morgan fingerprint density at radius 1 is 1.05 bits per heavy atom. The molecule has 0 aromatic heterocycles. The molecule has 0 aliphatic rings. The molecule has 0 amide bonds. The van der Waals surface area contributed by atoms with Gasteiger partial charge in [-0.3, -0.25) is 0 Å². The largest absolute Gasteiger partial charge is 0.479 e. The predicted molar refractivity (Wildman–Crippen MR) is 80.9 cm³/mol. The highest BCUT2D eigenvalue weighted by atomic mass is 19.1. The van der Waals surface area contributed by atoms with Crippen LogP contribution in [0.1, 0.15) is 36.9 Å². The molecule has 2 aromatic carbocycles. The highest BCUT2D eigenvalue weighted by molar-refractivity contribution is 5.79. The minimum absolute atomic E-state index is 0.179. The molecule has 0 fully saturated rings. The Labute approximate surface area is 123 Å². The summed E-state index contributed by atoms with van der Waals surface area (Å²) < 4.78 is 13.6. The van der Waals surface area contributed by atoms with Crippen molar-refractivity contribution in [1.82, 2.24) is 0 Å². The smallest absolute Gasteiger partial charge is 0.330 e. The van der Waals surface area contributed by atoms with Crippen molar-refractivity contribution in [3.05, 3.63) is 65.5 Å². The molecule has 110 valence electrons. The van der Waals surface area contributed by atoms with E-state index < -0.39 is 17.8 Å². The number of rotatable bonds is 5. The SMILES string of the molecule is CC(C)c1ccc(C(Nc2ccccc2F)C(=O)O)cc1. The van der Waals surface area contributed by atoms with Crippen molar-refractivity contribution in [2.24, 2.45) is 0 Å². The maximum atomic E-state index is 13.6. The van der Waals surface area contributed by atoms with Gasteiger partial charge < -0.3 is 10.4 Å². The van der Waals surface area contributed by atoms with E-state index in [9.17, 15) is 14.3 Å². The molecule has 2 rings (SSSR count). The van der Waals surface area contributed by atoms with Gasteiger partial charge in [0.15, 0.2) is 6.04 Å². The zero-order valence-corrected chi connectivity index (χ0v) is 12.0. The Morgan fingerprint density at radius 3 is 2.14 bits per heavy atom. The van der Waals surface area contributed by atoms with Gasteiger partial charge in [0, 0.05) is 0 Å². The number of anilines is 1. The minimum Gasteiger partial charge on any atom is -0.479 e. The Balaban J connectivity index is 2.27. The van der Waals surface area contributed by atoms with Crippen LogP contribution in [0, 0.1) is 5.82 Å². The lowest BCUT2D eigenvalue weighted by molar-refractivity contribution is -0.138. The Kier molecular flexibility index (Phi) is 4.58. The number of benzene rings is 2. The van der Waals surface area contributed by atoms with Crippen molar-refractivity contribution in [2.45, 2.75) is 25.8 Å². The summed E-state index contributed by atoms with van der Waals surface area (Å²) in [6.45, 7) is 4.14. The highest BCUT2D eigenvalue weighted by Crippen LogP contribution is 2.24. The quantitative estimate of drug-likeness (QED) is 0.867. The van der Waals surface area contributed by atoms with Gasteiger partial charge in [0.25, 0.3) is 0 Å². The summed E-state index contributed by atoms with van der Waals surface area (Å²) >= 11 is 0. The van der Waals surface area contributed by atoms with E-state index in [1.54, 1.807) is 24.3 Å². The number of hydrogen-bond acceptors (Lipinski definition) is 2. The first-order valence-corrected chi connectivity index (χ1v) is 6.82. The first-order valence-electron chi connectivity index (χ1n) is 6.82. The fourth-order valence-electron chi connectivity index (χ4n) is 2.09. The number of carboxylic acids is 1. The van der Waals surface area contributed by atoms with Crippen LogP contribution in [0.15, 0.2) is 48.5 Å². The molecular formula is C17H18FNO2. The fraction of sp³-hybridized carbons (Fsp3) is 0.235. The molecule has 0 spiro atoms. The molecule has 0 radical (unpaired) electrons. The molecule has 4 heteroatoms. The molecule has 2 aromatic rings. The van der Waals surface area contributed by atoms with Crippen LogP contribution in [-0.2, 0) is 4.79 Å². The number of aliphatic carboxylic acids is 1. The topological polar surface area (TPSA) is 49.3 Å². The van der Waals surface area contributed by atoms with E-state index in [4.69, 9.17) is 0 Å². The summed E-state index contributed by atoms with van der Waals surface area (Å²) in [6.07, 6.45) is 0. The average molecular weight is 287 g/mol. The van der Waals surface area contributed by atoms with Crippen molar-refractivity contribution in [3.8, 4) is 0 Å². The molecule has 1 atom stereocenters. The molecule has 0 saturated heterocycles. The first-order chi connectivity index (χ1) is 9.99. The second-order valence-electron chi connectivity index (χ2n) is 5.22. The Bertz CT molecular complexity index is 623. The fourth-order valence-corrected chi connectivity index (χ4v) is 2.09. The summed E-state index contributed by atoms with van der Waals surface area (Å²) in [7, 11) is 0. The molecule has 2 N–H and O–H groups in total. The standard InChI is InChI=1S/C17H18FNO2/c1-11(2)12-7-9-13(10-8-12)16(17(20)21)19-15-6-4-3-5-14(15)18/h3-11,16,19H,1-2H3,(H,20,21). The Hall–Kier alpha value is -2.36. The van der Waals surface area contributed by atoms with Gasteiger partial charge in [-0.15, -0.1) is 0 Å². The number of nitrogens with one attached hydrogen (secondary N) is 1. The number of carboxylic acid groups (broad SMARTS) is 1. The van der Waals surface area contributed by atoms with Crippen LogP contribution in [0.5, 0.6) is 0 Å². The van der Waals surface area contributed by atoms with E-state index in [1.807, 2.05) is 12.1 Å². The zero-order chi connectivity index (χ0) is 15.4. The van der Waals surface area contributed by atoms with Crippen LogP contribution in [0.4, 0.5) is 10.1 Å². The normalized spacial score (nSPS) is 12.2. The summed E-state index contributed by atoms with van der Waals surface area (Å²) in [5, 5.41) is 12.1. The number of halogens is 1. The minimum atomic E-state index is -1.05. The molecule has 0 saturated carbocycles. The van der Waals surface area contributed by atoms with Gasteiger partial charge in [0.2, 0.25) is 0 Å². The summed E-state index contributed by atoms with van der Waals surface area (Å²) in [6, 6.07) is 12.4. The van der Waals surface area contributed by atoms with Crippen LogP contribution in [-0.4, -0.2) is 11.1 Å². The Morgan fingerprint density at radius 2 is 1.62 bits per heavy atom. The predicted octanol–water partition coefficient (Wildman–Crippen LogP) is 4.19. The van der Waals surface area contributed by atoms with Gasteiger partial charge >= 0.3 is 5.97 Å². The lowest BCUT2D eigenvalue weighted by atomic mass is 9.99.